The number of benzene rings is 1. The van der Waals surface area contributed by atoms with Crippen LogP contribution < -0.4 is 10.1 Å². The first-order chi connectivity index (χ1) is 13.2. The minimum atomic E-state index is 0.247. The van der Waals surface area contributed by atoms with Gasteiger partial charge in [-0.1, -0.05) is 18.2 Å². The van der Waals surface area contributed by atoms with Gasteiger partial charge in [0.1, 0.15) is 5.75 Å². The fourth-order valence-corrected chi connectivity index (χ4v) is 4.07. The highest BCUT2D eigenvalue weighted by atomic mass is 32.1. The number of thiophene rings is 1. The van der Waals surface area contributed by atoms with Crippen LogP contribution in [-0.4, -0.2) is 50.4 Å². The second kappa shape index (κ2) is 8.01. The summed E-state index contributed by atoms with van der Waals surface area (Å²) < 4.78 is 5.37. The van der Waals surface area contributed by atoms with Gasteiger partial charge >= 0.3 is 0 Å². The van der Waals surface area contributed by atoms with E-state index in [1.165, 1.54) is 0 Å². The summed E-state index contributed by atoms with van der Waals surface area (Å²) in [5.41, 5.74) is 0.880. The molecule has 3 heterocycles. The number of nitrogens with one attached hydrogen (secondary N) is 1. The molecule has 1 aromatic carbocycles. The molecule has 0 atom stereocenters. The van der Waals surface area contributed by atoms with E-state index in [0.29, 0.717) is 10.9 Å². The molecule has 1 aliphatic rings. The van der Waals surface area contributed by atoms with E-state index in [-0.39, 0.29) is 6.04 Å². The predicted octanol–water partition coefficient (Wildman–Crippen LogP) is 3.44. The van der Waals surface area contributed by atoms with Gasteiger partial charge in [0.2, 0.25) is 5.82 Å². The van der Waals surface area contributed by atoms with Gasteiger partial charge in [-0.15, -0.1) is 21.5 Å². The van der Waals surface area contributed by atoms with Crippen LogP contribution in [-0.2, 0) is 0 Å². The predicted molar refractivity (Wildman–Crippen MR) is 110 cm³/mol. The van der Waals surface area contributed by atoms with Gasteiger partial charge in [-0.05, 0) is 53.9 Å². The Balaban J connectivity index is 1.35. The lowest BCUT2D eigenvalue weighted by Crippen LogP contribution is -2.41. The monoisotopic (exact) mass is 400 g/mol. The van der Waals surface area contributed by atoms with Crippen LogP contribution in [0.15, 0.2) is 41.8 Å². The third-order valence-corrected chi connectivity index (χ3v) is 5.82. The molecule has 3 aromatic rings. The van der Waals surface area contributed by atoms with Crippen molar-refractivity contribution in [3.8, 4) is 16.5 Å². The van der Waals surface area contributed by atoms with Crippen molar-refractivity contribution in [2.24, 2.45) is 0 Å². The van der Waals surface area contributed by atoms with Crippen LogP contribution in [0.1, 0.15) is 18.9 Å². The molecule has 0 bridgehead atoms. The molecule has 1 fully saturated rings. The molecule has 0 aliphatic carbocycles. The van der Waals surface area contributed by atoms with Crippen molar-refractivity contribution in [2.45, 2.75) is 18.9 Å². The van der Waals surface area contributed by atoms with Gasteiger partial charge in [-0.2, -0.15) is 4.80 Å². The number of para-hydroxylation sites is 2. The number of rotatable bonds is 4. The highest BCUT2D eigenvalue weighted by Crippen LogP contribution is 2.26. The summed E-state index contributed by atoms with van der Waals surface area (Å²) in [5, 5.41) is 19.0. The summed E-state index contributed by atoms with van der Waals surface area (Å²) >= 11 is 7.21. The van der Waals surface area contributed by atoms with E-state index in [1.807, 2.05) is 41.8 Å². The first-order valence-corrected chi connectivity index (χ1v) is 10.1. The second-order valence-electron chi connectivity index (χ2n) is 6.26. The maximum Gasteiger partial charge on any atom is 0.214 e. The third kappa shape index (κ3) is 3.93. The number of piperidine rings is 1. The molecular formula is C18H20N6OS2. The van der Waals surface area contributed by atoms with Crippen LogP contribution in [0.25, 0.3) is 10.7 Å². The van der Waals surface area contributed by atoms with E-state index in [4.69, 9.17) is 17.0 Å². The van der Waals surface area contributed by atoms with E-state index >= 15 is 0 Å². The van der Waals surface area contributed by atoms with Crippen molar-refractivity contribution >= 4 is 34.4 Å². The van der Waals surface area contributed by atoms with Gasteiger partial charge in [0, 0.05) is 13.1 Å². The molecule has 4 rings (SSSR count). The highest BCUT2D eigenvalue weighted by Gasteiger charge is 2.24. The molecule has 7 nitrogen and oxygen atoms in total. The zero-order valence-corrected chi connectivity index (χ0v) is 16.5. The molecular weight excluding hydrogens is 380 g/mol. The molecule has 1 aliphatic heterocycles. The summed E-state index contributed by atoms with van der Waals surface area (Å²) in [6.45, 7) is 1.70. The number of hydrogen-bond donors (Lipinski definition) is 1. The molecule has 2 aromatic heterocycles. The number of anilines is 1. The van der Waals surface area contributed by atoms with E-state index in [1.54, 1.807) is 23.2 Å². The largest absolute Gasteiger partial charge is 0.495 e. The zero-order chi connectivity index (χ0) is 18.6. The zero-order valence-electron chi connectivity index (χ0n) is 14.9. The lowest BCUT2D eigenvalue weighted by atomic mass is 10.1. The SMILES string of the molecule is COc1ccccc1NC(=S)N1CCC(n2nnc(-c3cccs3)n2)CC1. The number of hydrogen-bond acceptors (Lipinski definition) is 6. The minimum Gasteiger partial charge on any atom is -0.495 e. The van der Waals surface area contributed by atoms with Gasteiger partial charge in [-0.25, -0.2) is 0 Å². The maximum absolute atomic E-state index is 5.59. The standard InChI is InChI=1S/C18H20N6OS2/c1-25-15-6-3-2-5-14(15)19-18(26)23-10-8-13(9-11-23)24-21-17(20-22-24)16-7-4-12-27-16/h2-7,12-13H,8-11H2,1H3,(H,19,26). The maximum atomic E-state index is 5.59. The Labute approximate surface area is 167 Å². The Kier molecular flexibility index (Phi) is 5.30. The first kappa shape index (κ1) is 17.9. The van der Waals surface area contributed by atoms with Crippen LogP contribution >= 0.6 is 23.6 Å². The number of methoxy groups -OCH3 is 1. The van der Waals surface area contributed by atoms with E-state index in [0.717, 1.165) is 42.2 Å². The Morgan fingerprint density at radius 1 is 1.22 bits per heavy atom. The molecule has 1 saturated heterocycles. The molecule has 0 radical (unpaired) electrons. The molecule has 0 unspecified atom stereocenters. The molecule has 9 heteroatoms. The number of likely N-dealkylation sites (tertiary alicyclic amines) is 1. The smallest absolute Gasteiger partial charge is 0.214 e. The fourth-order valence-electron chi connectivity index (χ4n) is 3.13. The molecule has 140 valence electrons. The second-order valence-corrected chi connectivity index (χ2v) is 7.59. The van der Waals surface area contributed by atoms with Crippen molar-refractivity contribution in [3.05, 3.63) is 41.8 Å². The van der Waals surface area contributed by atoms with Gasteiger partial charge in [0.05, 0.1) is 23.7 Å². The number of nitrogens with zero attached hydrogens (tertiary/aromatic N) is 5. The minimum absolute atomic E-state index is 0.247. The van der Waals surface area contributed by atoms with Crippen LogP contribution in [0.4, 0.5) is 5.69 Å². The summed E-state index contributed by atoms with van der Waals surface area (Å²) in [6.07, 6.45) is 1.85. The van der Waals surface area contributed by atoms with E-state index in [2.05, 4.69) is 25.6 Å². The van der Waals surface area contributed by atoms with Crippen molar-refractivity contribution in [1.29, 1.82) is 0 Å². The van der Waals surface area contributed by atoms with Crippen molar-refractivity contribution in [1.82, 2.24) is 25.1 Å². The Hall–Kier alpha value is -2.52. The quantitative estimate of drug-likeness (QED) is 0.673. The summed E-state index contributed by atoms with van der Waals surface area (Å²) in [4.78, 5) is 4.97. The average Bonchev–Trinajstić information content (AvgIpc) is 3.40. The Morgan fingerprint density at radius 2 is 2.04 bits per heavy atom. The van der Waals surface area contributed by atoms with Crippen molar-refractivity contribution in [3.63, 3.8) is 0 Å². The van der Waals surface area contributed by atoms with Crippen LogP contribution in [0.3, 0.4) is 0 Å². The number of tetrazole rings is 1. The topological polar surface area (TPSA) is 68.1 Å². The molecule has 0 spiro atoms. The highest BCUT2D eigenvalue weighted by molar-refractivity contribution is 7.80. The average molecular weight is 401 g/mol. The lowest BCUT2D eigenvalue weighted by molar-refractivity contribution is 0.238. The van der Waals surface area contributed by atoms with Gasteiger partial charge in [-0.3, -0.25) is 0 Å². The van der Waals surface area contributed by atoms with Crippen LogP contribution in [0.2, 0.25) is 0 Å². The molecule has 0 amide bonds. The number of thiocarbonyl (C=S) groups is 1. The number of ether oxygens (including phenoxy) is 1. The van der Waals surface area contributed by atoms with Crippen molar-refractivity contribution in [2.75, 3.05) is 25.5 Å². The summed E-state index contributed by atoms with van der Waals surface area (Å²) in [6, 6.07) is 12.0. The first-order valence-electron chi connectivity index (χ1n) is 8.77. The molecule has 0 saturated carbocycles. The number of aromatic nitrogens is 4. The van der Waals surface area contributed by atoms with Gasteiger partial charge in [0.25, 0.3) is 0 Å². The lowest BCUT2D eigenvalue weighted by Gasteiger charge is -2.33. The van der Waals surface area contributed by atoms with Gasteiger partial charge < -0.3 is 15.0 Å². The van der Waals surface area contributed by atoms with Gasteiger partial charge in [0.15, 0.2) is 5.11 Å². The Bertz CT molecular complexity index is 902. The van der Waals surface area contributed by atoms with Crippen LogP contribution in [0.5, 0.6) is 5.75 Å². The van der Waals surface area contributed by atoms with Crippen LogP contribution in [0, 0.1) is 0 Å². The summed E-state index contributed by atoms with van der Waals surface area (Å²) in [5.74, 6) is 1.48. The Morgan fingerprint density at radius 3 is 2.78 bits per heavy atom. The summed E-state index contributed by atoms with van der Waals surface area (Å²) in [7, 11) is 1.66. The van der Waals surface area contributed by atoms with Crippen molar-refractivity contribution < 1.29 is 4.74 Å². The fraction of sp³-hybridized carbons (Fsp3) is 0.333. The third-order valence-electron chi connectivity index (χ3n) is 4.60. The molecule has 1 N–H and O–H groups in total. The molecule has 27 heavy (non-hydrogen) atoms. The van der Waals surface area contributed by atoms with E-state index in [9.17, 15) is 0 Å². The van der Waals surface area contributed by atoms with E-state index < -0.39 is 0 Å². The normalized spacial score (nSPS) is 14.9.